The van der Waals surface area contributed by atoms with E-state index in [1.54, 1.807) is 18.4 Å². The van der Waals surface area contributed by atoms with Crippen LogP contribution in [-0.2, 0) is 9.63 Å². The first-order chi connectivity index (χ1) is 10.1. The SMILES string of the molecule is COc1ccc2sc3c(c2c1)SCC(C)C3=NOC(C)=O. The first-order valence-electron chi connectivity index (χ1n) is 6.59. The van der Waals surface area contributed by atoms with Gasteiger partial charge in [-0.3, -0.25) is 0 Å². The van der Waals surface area contributed by atoms with Crippen LogP contribution in [-0.4, -0.2) is 24.5 Å². The molecule has 0 spiro atoms. The number of carbonyl (C=O) groups is 1. The lowest BCUT2D eigenvalue weighted by atomic mass is 10.1. The number of nitrogens with zero attached hydrogens (tertiary/aromatic N) is 1. The quantitative estimate of drug-likeness (QED) is 0.621. The van der Waals surface area contributed by atoms with Crippen LogP contribution in [0.25, 0.3) is 10.1 Å². The summed E-state index contributed by atoms with van der Waals surface area (Å²) in [5, 5.41) is 5.26. The maximum atomic E-state index is 11.0. The normalized spacial score (nSPS) is 19.6. The van der Waals surface area contributed by atoms with Crippen LogP contribution in [0.5, 0.6) is 5.75 Å². The van der Waals surface area contributed by atoms with E-state index < -0.39 is 5.97 Å². The van der Waals surface area contributed by atoms with Gasteiger partial charge in [0.2, 0.25) is 0 Å². The van der Waals surface area contributed by atoms with Gasteiger partial charge in [-0.25, -0.2) is 4.79 Å². The van der Waals surface area contributed by atoms with Crippen LogP contribution in [0, 0.1) is 5.92 Å². The number of benzene rings is 1. The summed E-state index contributed by atoms with van der Waals surface area (Å²) in [6.07, 6.45) is 0. The van der Waals surface area contributed by atoms with E-state index in [4.69, 9.17) is 9.57 Å². The molecule has 6 heteroatoms. The van der Waals surface area contributed by atoms with Crippen molar-refractivity contribution in [2.24, 2.45) is 11.1 Å². The largest absolute Gasteiger partial charge is 0.497 e. The van der Waals surface area contributed by atoms with Gasteiger partial charge in [0.1, 0.15) is 11.5 Å². The molecule has 1 aromatic heterocycles. The first kappa shape index (κ1) is 14.4. The van der Waals surface area contributed by atoms with Crippen molar-refractivity contribution in [2.45, 2.75) is 18.7 Å². The summed E-state index contributed by atoms with van der Waals surface area (Å²) in [6.45, 7) is 3.46. The molecule has 0 bridgehead atoms. The number of methoxy groups -OCH3 is 1. The number of oxime groups is 1. The van der Waals surface area contributed by atoms with E-state index in [2.05, 4.69) is 24.2 Å². The zero-order chi connectivity index (χ0) is 15.0. The monoisotopic (exact) mass is 321 g/mol. The molecular weight excluding hydrogens is 306 g/mol. The molecule has 110 valence electrons. The molecule has 1 atom stereocenters. The number of rotatable bonds is 2. The second kappa shape index (κ2) is 5.69. The van der Waals surface area contributed by atoms with Crippen molar-refractivity contribution in [3.05, 3.63) is 23.1 Å². The van der Waals surface area contributed by atoms with E-state index in [0.717, 1.165) is 22.1 Å². The van der Waals surface area contributed by atoms with Gasteiger partial charge in [-0.15, -0.1) is 23.1 Å². The number of carbonyl (C=O) groups excluding carboxylic acids is 1. The van der Waals surface area contributed by atoms with Crippen molar-refractivity contribution in [3.8, 4) is 5.75 Å². The van der Waals surface area contributed by atoms with Crippen LogP contribution in [0.2, 0.25) is 0 Å². The molecule has 1 aromatic carbocycles. The third-order valence-electron chi connectivity index (χ3n) is 3.30. The van der Waals surface area contributed by atoms with E-state index in [9.17, 15) is 4.79 Å². The lowest BCUT2D eigenvalue weighted by Crippen LogP contribution is -2.19. The Balaban J connectivity index is 2.13. The summed E-state index contributed by atoms with van der Waals surface area (Å²) in [5.41, 5.74) is 0.860. The zero-order valence-electron chi connectivity index (χ0n) is 12.0. The van der Waals surface area contributed by atoms with Gasteiger partial charge >= 0.3 is 5.97 Å². The number of fused-ring (bicyclic) bond motifs is 3. The average molecular weight is 321 g/mol. The van der Waals surface area contributed by atoms with Gasteiger partial charge in [0.15, 0.2) is 0 Å². The second-order valence-corrected chi connectivity index (χ2v) is 6.98. The maximum absolute atomic E-state index is 11.0. The molecule has 2 aromatic rings. The first-order valence-corrected chi connectivity index (χ1v) is 8.39. The lowest BCUT2D eigenvalue weighted by Gasteiger charge is -2.19. The highest BCUT2D eigenvalue weighted by Crippen LogP contribution is 2.44. The summed E-state index contributed by atoms with van der Waals surface area (Å²) in [6, 6.07) is 6.07. The number of thiophene rings is 1. The van der Waals surface area contributed by atoms with Crippen LogP contribution in [0.4, 0.5) is 0 Å². The van der Waals surface area contributed by atoms with E-state index >= 15 is 0 Å². The van der Waals surface area contributed by atoms with E-state index in [1.165, 1.54) is 21.9 Å². The summed E-state index contributed by atoms with van der Waals surface area (Å²) in [5.74, 6) is 1.64. The Morgan fingerprint density at radius 1 is 1.43 bits per heavy atom. The molecule has 1 unspecified atom stereocenters. The van der Waals surface area contributed by atoms with Crippen LogP contribution >= 0.6 is 23.1 Å². The van der Waals surface area contributed by atoms with Gasteiger partial charge in [0.05, 0.1) is 12.0 Å². The minimum atomic E-state index is -0.391. The predicted molar refractivity (Wildman–Crippen MR) is 86.6 cm³/mol. The highest BCUT2D eigenvalue weighted by atomic mass is 32.2. The standard InChI is InChI=1S/C15H15NO3S2/c1-8-7-20-14-11-6-10(18-3)4-5-12(11)21-15(14)13(8)16-19-9(2)17/h4-6,8H,7H2,1-3H3. The van der Waals surface area contributed by atoms with Gasteiger partial charge in [-0.05, 0) is 18.2 Å². The molecule has 0 saturated carbocycles. The Kier molecular flexibility index (Phi) is 3.91. The smallest absolute Gasteiger partial charge is 0.331 e. The maximum Gasteiger partial charge on any atom is 0.331 e. The summed E-state index contributed by atoms with van der Waals surface area (Å²) >= 11 is 3.51. The molecule has 1 aliphatic heterocycles. The van der Waals surface area contributed by atoms with Crippen molar-refractivity contribution >= 4 is 44.9 Å². The molecular formula is C15H15NO3S2. The van der Waals surface area contributed by atoms with Crippen LogP contribution < -0.4 is 4.74 Å². The third-order valence-corrected chi connectivity index (χ3v) is 6.00. The Bertz CT molecular complexity index is 736. The number of hydrogen-bond acceptors (Lipinski definition) is 6. The molecule has 0 N–H and O–H groups in total. The van der Waals surface area contributed by atoms with Crippen LogP contribution in [0.3, 0.4) is 0 Å². The fraction of sp³-hybridized carbons (Fsp3) is 0.333. The van der Waals surface area contributed by atoms with Crippen molar-refractivity contribution in [1.29, 1.82) is 0 Å². The van der Waals surface area contributed by atoms with Crippen molar-refractivity contribution in [2.75, 3.05) is 12.9 Å². The van der Waals surface area contributed by atoms with Crippen molar-refractivity contribution in [1.82, 2.24) is 0 Å². The summed E-state index contributed by atoms with van der Waals surface area (Å²) < 4.78 is 6.50. The topological polar surface area (TPSA) is 47.9 Å². The van der Waals surface area contributed by atoms with Crippen molar-refractivity contribution in [3.63, 3.8) is 0 Å². The highest BCUT2D eigenvalue weighted by Gasteiger charge is 2.28. The van der Waals surface area contributed by atoms with Gasteiger partial charge in [0, 0.05) is 33.6 Å². The lowest BCUT2D eigenvalue weighted by molar-refractivity contribution is -0.140. The average Bonchev–Trinajstić information content (AvgIpc) is 2.83. The summed E-state index contributed by atoms with van der Waals surface area (Å²) in [7, 11) is 1.67. The van der Waals surface area contributed by atoms with Crippen molar-refractivity contribution < 1.29 is 14.4 Å². The molecule has 3 rings (SSSR count). The molecule has 2 heterocycles. The Morgan fingerprint density at radius 3 is 2.95 bits per heavy atom. The minimum absolute atomic E-state index is 0.261. The molecule has 0 radical (unpaired) electrons. The van der Waals surface area contributed by atoms with E-state index in [-0.39, 0.29) is 5.92 Å². The third kappa shape index (κ3) is 2.65. The number of ether oxygens (including phenoxy) is 1. The highest BCUT2D eigenvalue weighted by molar-refractivity contribution is 8.00. The van der Waals surface area contributed by atoms with E-state index in [1.807, 2.05) is 17.8 Å². The molecule has 0 aliphatic carbocycles. The van der Waals surface area contributed by atoms with Gasteiger partial charge in [-0.2, -0.15) is 0 Å². The molecule has 4 nitrogen and oxygen atoms in total. The molecule has 1 aliphatic rings. The second-order valence-electron chi connectivity index (χ2n) is 4.89. The van der Waals surface area contributed by atoms with Gasteiger partial charge in [0.25, 0.3) is 0 Å². The Morgan fingerprint density at radius 2 is 2.24 bits per heavy atom. The molecule has 0 amide bonds. The van der Waals surface area contributed by atoms with Gasteiger partial charge < -0.3 is 9.57 Å². The molecule has 21 heavy (non-hydrogen) atoms. The number of thioether (sulfide) groups is 1. The molecule has 0 saturated heterocycles. The van der Waals surface area contributed by atoms with Gasteiger partial charge in [-0.1, -0.05) is 12.1 Å². The van der Waals surface area contributed by atoms with Crippen LogP contribution in [0.1, 0.15) is 18.7 Å². The number of hydrogen-bond donors (Lipinski definition) is 0. The Labute approximate surface area is 131 Å². The Hall–Kier alpha value is -1.53. The fourth-order valence-corrected chi connectivity index (χ4v) is 4.92. The fourth-order valence-electron chi connectivity index (χ4n) is 2.25. The molecule has 0 fully saturated rings. The van der Waals surface area contributed by atoms with Crippen LogP contribution in [0.15, 0.2) is 28.3 Å². The summed E-state index contributed by atoms with van der Waals surface area (Å²) in [4.78, 5) is 18.2. The predicted octanol–water partition coefficient (Wildman–Crippen LogP) is 3.92. The minimum Gasteiger partial charge on any atom is -0.497 e. The zero-order valence-corrected chi connectivity index (χ0v) is 13.6. The van der Waals surface area contributed by atoms with E-state index in [0.29, 0.717) is 0 Å².